The van der Waals surface area contributed by atoms with Gasteiger partial charge in [0.25, 0.3) is 7.52 Å². The second-order valence-electron chi connectivity index (χ2n) is 10.0. The molecule has 0 amide bonds. The number of nitrogens with one attached hydrogen (secondary N) is 1. The number of carboxylic acids is 2. The average Bonchev–Trinajstić information content (AvgIpc) is 3.38. The normalized spacial score (nSPS) is 13.8. The number of ether oxygens (including phenoxy) is 4. The minimum atomic E-state index is -3.85. The summed E-state index contributed by atoms with van der Waals surface area (Å²) in [4.78, 5) is 55.5. The molecule has 2 rings (SSSR count). The number of hydrogen-bond acceptors (Lipinski definition) is 14. The van der Waals surface area contributed by atoms with E-state index >= 15 is 0 Å². The molecule has 2 aromatic heterocycles. The summed E-state index contributed by atoms with van der Waals surface area (Å²) >= 11 is 0. The Bertz CT molecular complexity index is 1340. The smallest absolute Gasteiger partial charge is 0.478 e. The first kappa shape index (κ1) is 39.9. The number of carbonyl (C=O) groups excluding carboxylic acids is 2. The number of aromatic nitrogens is 4. The van der Waals surface area contributed by atoms with Gasteiger partial charge in [0.15, 0.2) is 11.5 Å². The molecule has 0 bridgehead atoms. The van der Waals surface area contributed by atoms with E-state index in [-0.39, 0.29) is 12.4 Å². The highest BCUT2D eigenvalue weighted by atomic mass is 31.2. The zero-order valence-electron chi connectivity index (χ0n) is 26.5. The minimum Gasteiger partial charge on any atom is -0.478 e. The van der Waals surface area contributed by atoms with Gasteiger partial charge in [0.1, 0.15) is 24.2 Å². The number of nitrogens with zero attached hydrogens (tertiary/aromatic N) is 4. The summed E-state index contributed by atoms with van der Waals surface area (Å²) < 4.78 is 41.4. The van der Waals surface area contributed by atoms with Crippen molar-refractivity contribution in [3.8, 4) is 0 Å². The van der Waals surface area contributed by atoms with Gasteiger partial charge in [-0.15, -0.1) is 0 Å². The van der Waals surface area contributed by atoms with Gasteiger partial charge in [-0.25, -0.2) is 34.4 Å². The molecule has 0 aliphatic rings. The third kappa shape index (κ3) is 16.3. The lowest BCUT2D eigenvalue weighted by Crippen LogP contribution is -2.35. The molecule has 0 saturated heterocycles. The summed E-state index contributed by atoms with van der Waals surface area (Å²) in [6.07, 6.45) is 5.54. The van der Waals surface area contributed by atoms with E-state index in [9.17, 15) is 23.7 Å². The van der Waals surface area contributed by atoms with Crippen LogP contribution in [0.3, 0.4) is 0 Å². The summed E-state index contributed by atoms with van der Waals surface area (Å²) in [5, 5.41) is 18.3. The Labute approximate surface area is 266 Å². The van der Waals surface area contributed by atoms with Gasteiger partial charge in [-0.1, -0.05) is 26.2 Å². The lowest BCUT2D eigenvalue weighted by molar-refractivity contribution is -0.145. The number of rotatable bonds is 19. The summed E-state index contributed by atoms with van der Waals surface area (Å²) in [7, 11) is -3.85. The van der Waals surface area contributed by atoms with E-state index in [2.05, 4.69) is 27.0 Å². The fraction of sp³-hybridized carbons (Fsp3) is 0.593. The second-order valence-corrected chi connectivity index (χ2v) is 12.1. The highest BCUT2D eigenvalue weighted by Crippen LogP contribution is 2.43. The van der Waals surface area contributed by atoms with Gasteiger partial charge in [-0.05, 0) is 34.1 Å². The van der Waals surface area contributed by atoms with Crippen LogP contribution >= 0.6 is 7.52 Å². The zero-order valence-corrected chi connectivity index (χ0v) is 27.4. The van der Waals surface area contributed by atoms with E-state index in [1.165, 1.54) is 13.3 Å². The fourth-order valence-electron chi connectivity index (χ4n) is 3.40. The first-order valence-corrected chi connectivity index (χ1v) is 16.2. The Hall–Kier alpha value is -4.12. The Morgan fingerprint density at radius 2 is 1.70 bits per heavy atom. The number of unbranched alkanes of at least 4 members (excludes halogenated alkanes) is 3. The summed E-state index contributed by atoms with van der Waals surface area (Å²) in [6.45, 7) is 8.56. The number of carbonyl (C=O) groups is 4. The van der Waals surface area contributed by atoms with Crippen molar-refractivity contribution in [1.82, 2.24) is 24.6 Å². The number of anilines is 1. The Balaban J connectivity index is 0.00000116. The number of hydrogen-bond donors (Lipinski definition) is 4. The van der Waals surface area contributed by atoms with Crippen LogP contribution < -0.4 is 10.8 Å². The summed E-state index contributed by atoms with van der Waals surface area (Å²) in [5.74, 6) is -2.84. The van der Waals surface area contributed by atoms with E-state index < -0.39 is 63.0 Å². The monoisotopic (exact) mass is 674 g/mol. The van der Waals surface area contributed by atoms with Gasteiger partial charge in [0.2, 0.25) is 6.79 Å². The number of fused-ring (bicyclic) bond motifs is 1. The van der Waals surface area contributed by atoms with E-state index in [0.29, 0.717) is 29.9 Å². The van der Waals surface area contributed by atoms with Gasteiger partial charge >= 0.3 is 24.1 Å². The number of esters is 1. The van der Waals surface area contributed by atoms with Gasteiger partial charge in [-0.2, -0.15) is 0 Å². The fourth-order valence-corrected chi connectivity index (χ4v) is 5.00. The van der Waals surface area contributed by atoms with E-state index in [1.807, 2.05) is 0 Å². The molecular weight excluding hydrogens is 631 g/mol. The molecule has 0 aromatic carbocycles. The maximum absolute atomic E-state index is 13.6. The van der Waals surface area contributed by atoms with Gasteiger partial charge in [-0.3, -0.25) is 13.9 Å². The molecule has 0 spiro atoms. The molecule has 3 atom stereocenters. The van der Waals surface area contributed by atoms with Crippen LogP contribution in [0.25, 0.3) is 11.2 Å². The predicted molar refractivity (Wildman–Crippen MR) is 164 cm³/mol. The predicted octanol–water partition coefficient (Wildman–Crippen LogP) is 3.31. The Kier molecular flexibility index (Phi) is 18.1. The summed E-state index contributed by atoms with van der Waals surface area (Å²) in [6, 6.07) is -0.967. The van der Waals surface area contributed by atoms with Crippen LogP contribution in [0, 0.1) is 0 Å². The van der Waals surface area contributed by atoms with E-state index in [0.717, 1.165) is 25.7 Å². The van der Waals surface area contributed by atoms with Gasteiger partial charge < -0.3 is 39.5 Å². The minimum absolute atomic E-state index is 0.256. The lowest BCUT2D eigenvalue weighted by atomic mass is 10.2. The molecular formula is C27H43N6O12P. The SMILES string of the molecule is CCCCCCOC(=O)[C@H](C)NP(=O)(CO[C@H](C)Cn1cnc2c(N)ncnc21)OCOC(=O)OC(C)C.O=C(O)/C=C/C(=O)O. The standard InChI is InChI=1S/C23H39N6O8P.C4H4O4/c1-6-7-8-9-10-33-22(30)18(5)28-38(32,36-14-34-23(31)37-16(2)3)15-35-17(4)11-29-13-27-19-20(24)25-12-26-21(19)29;5-3(6)1-2-4(7)8/h12-13,16-18H,6-11,14-15H2,1-5H3,(H,28,32)(H2,24,25,26);1-2H,(H,5,6)(H,7,8)/b;2-1+/t17-,18+,38?;/m1./s1. The highest BCUT2D eigenvalue weighted by Gasteiger charge is 2.31. The Morgan fingerprint density at radius 3 is 2.30 bits per heavy atom. The zero-order chi connectivity index (χ0) is 34.7. The van der Waals surface area contributed by atoms with Crippen molar-refractivity contribution in [3.63, 3.8) is 0 Å². The van der Waals surface area contributed by atoms with Crippen LogP contribution in [0.1, 0.15) is 60.3 Å². The third-order valence-electron chi connectivity index (χ3n) is 5.54. The third-order valence-corrected chi connectivity index (χ3v) is 7.33. The van der Waals surface area contributed by atoms with Crippen molar-refractivity contribution in [1.29, 1.82) is 0 Å². The molecule has 0 fully saturated rings. The number of imidazole rings is 1. The first-order chi connectivity index (χ1) is 21.7. The van der Waals surface area contributed by atoms with Crippen molar-refractivity contribution >= 4 is 48.6 Å². The van der Waals surface area contributed by atoms with Crippen LogP contribution in [-0.2, 0) is 49.0 Å². The van der Waals surface area contributed by atoms with Crippen molar-refractivity contribution < 1.29 is 57.4 Å². The topological polar surface area (TPSA) is 254 Å². The van der Waals surface area contributed by atoms with Crippen molar-refractivity contribution in [2.24, 2.45) is 0 Å². The highest BCUT2D eigenvalue weighted by molar-refractivity contribution is 7.56. The molecule has 1 unspecified atom stereocenters. The molecule has 18 nitrogen and oxygen atoms in total. The Morgan fingerprint density at radius 1 is 1.02 bits per heavy atom. The molecule has 5 N–H and O–H groups in total. The largest absolute Gasteiger partial charge is 0.510 e. The number of nitrogens with two attached hydrogens (primary N) is 1. The number of carboxylic acid groups (broad SMARTS) is 2. The lowest BCUT2D eigenvalue weighted by Gasteiger charge is -2.24. The molecule has 2 aromatic rings. The van der Waals surface area contributed by atoms with E-state index in [4.69, 9.17) is 39.4 Å². The van der Waals surface area contributed by atoms with Crippen LogP contribution in [0.4, 0.5) is 10.6 Å². The van der Waals surface area contributed by atoms with Gasteiger partial charge in [0.05, 0.1) is 31.7 Å². The maximum Gasteiger partial charge on any atom is 0.510 e. The molecule has 0 aliphatic heterocycles. The molecule has 19 heteroatoms. The van der Waals surface area contributed by atoms with Crippen LogP contribution in [0.2, 0.25) is 0 Å². The van der Waals surface area contributed by atoms with Crippen LogP contribution in [0.15, 0.2) is 24.8 Å². The van der Waals surface area contributed by atoms with Gasteiger partial charge in [0, 0.05) is 12.2 Å². The quantitative estimate of drug-likeness (QED) is 0.0548. The first-order valence-electron chi connectivity index (χ1n) is 14.4. The molecule has 258 valence electrons. The van der Waals surface area contributed by atoms with Crippen molar-refractivity contribution in [2.45, 2.75) is 85.1 Å². The van der Waals surface area contributed by atoms with Crippen molar-refractivity contribution in [2.75, 3.05) is 25.5 Å². The molecule has 0 radical (unpaired) electrons. The maximum atomic E-state index is 13.6. The van der Waals surface area contributed by atoms with Crippen LogP contribution in [0.5, 0.6) is 0 Å². The van der Waals surface area contributed by atoms with Crippen molar-refractivity contribution in [3.05, 3.63) is 24.8 Å². The number of aliphatic carboxylic acids is 2. The van der Waals surface area contributed by atoms with E-state index in [1.54, 1.807) is 31.7 Å². The number of nitrogen functional groups attached to an aromatic ring is 1. The second kappa shape index (κ2) is 20.8. The molecule has 0 aliphatic carbocycles. The molecule has 46 heavy (non-hydrogen) atoms. The molecule has 2 heterocycles. The average molecular weight is 675 g/mol. The van der Waals surface area contributed by atoms with Crippen LogP contribution in [-0.4, -0.2) is 91.8 Å². The molecule has 0 saturated carbocycles. The summed E-state index contributed by atoms with van der Waals surface area (Å²) in [5.41, 5.74) is 6.82.